The molecule has 0 bridgehead atoms. The molecule has 2 heterocycles. The van der Waals surface area contributed by atoms with Gasteiger partial charge in [-0.05, 0) is 53.5 Å². The van der Waals surface area contributed by atoms with Crippen molar-refractivity contribution in [1.82, 2.24) is 24.9 Å². The van der Waals surface area contributed by atoms with Crippen LogP contribution in [0.3, 0.4) is 0 Å². The summed E-state index contributed by atoms with van der Waals surface area (Å²) in [7, 11) is 0. The normalized spacial score (nSPS) is 10.8. The lowest BCUT2D eigenvalue weighted by Crippen LogP contribution is -2.27. The highest BCUT2D eigenvalue weighted by atomic mass is 79.9. The Morgan fingerprint density at radius 1 is 1.28 bits per heavy atom. The number of amides is 1. The number of hydrogen-bond acceptors (Lipinski definition) is 3. The standard InChI is InChI=1S/C18H20BrN5O/c1-13-8-14(2)24(22-13)11-15-4-3-5-16(9-15)18(25)20-6-7-23-12-17(19)10-21-23/h3-5,8-10,12H,6-7,11H2,1-2H3,(H,20,25). The number of nitrogens with one attached hydrogen (secondary N) is 1. The Morgan fingerprint density at radius 2 is 2.12 bits per heavy atom. The Bertz CT molecular complexity index is 883. The molecule has 3 rings (SSSR count). The molecule has 0 aliphatic rings. The summed E-state index contributed by atoms with van der Waals surface area (Å²) in [4.78, 5) is 12.3. The molecule has 0 radical (unpaired) electrons. The number of rotatable bonds is 6. The molecule has 0 saturated heterocycles. The zero-order chi connectivity index (χ0) is 17.8. The minimum Gasteiger partial charge on any atom is -0.350 e. The molecule has 3 aromatic rings. The van der Waals surface area contributed by atoms with Crippen molar-refractivity contribution in [2.24, 2.45) is 0 Å². The van der Waals surface area contributed by atoms with E-state index < -0.39 is 0 Å². The van der Waals surface area contributed by atoms with Crippen LogP contribution in [0.1, 0.15) is 27.3 Å². The van der Waals surface area contributed by atoms with Crippen molar-refractivity contribution in [2.45, 2.75) is 26.9 Å². The topological polar surface area (TPSA) is 64.7 Å². The second-order valence-corrected chi connectivity index (χ2v) is 6.88. The third-order valence-electron chi connectivity index (χ3n) is 3.85. The molecule has 0 fully saturated rings. The van der Waals surface area contributed by atoms with Crippen molar-refractivity contribution in [1.29, 1.82) is 0 Å². The first-order chi connectivity index (χ1) is 12.0. The fraction of sp³-hybridized carbons (Fsp3) is 0.278. The van der Waals surface area contributed by atoms with Gasteiger partial charge in [-0.1, -0.05) is 12.1 Å². The first-order valence-corrected chi connectivity index (χ1v) is 8.87. The second kappa shape index (κ2) is 7.65. The average Bonchev–Trinajstić information content (AvgIpc) is 3.12. The van der Waals surface area contributed by atoms with Crippen LogP contribution in [-0.4, -0.2) is 32.0 Å². The van der Waals surface area contributed by atoms with Gasteiger partial charge in [-0.15, -0.1) is 0 Å². The summed E-state index contributed by atoms with van der Waals surface area (Å²) in [5, 5.41) is 11.6. The van der Waals surface area contributed by atoms with E-state index in [9.17, 15) is 4.79 Å². The van der Waals surface area contributed by atoms with Crippen LogP contribution < -0.4 is 5.32 Å². The van der Waals surface area contributed by atoms with Crippen molar-refractivity contribution < 1.29 is 4.79 Å². The van der Waals surface area contributed by atoms with Gasteiger partial charge in [0.1, 0.15) is 0 Å². The minimum absolute atomic E-state index is 0.0820. The van der Waals surface area contributed by atoms with Crippen LogP contribution in [0.5, 0.6) is 0 Å². The van der Waals surface area contributed by atoms with Gasteiger partial charge in [0.15, 0.2) is 0 Å². The highest BCUT2D eigenvalue weighted by Gasteiger charge is 2.08. The predicted octanol–water partition coefficient (Wildman–Crippen LogP) is 2.94. The highest BCUT2D eigenvalue weighted by Crippen LogP contribution is 2.10. The Labute approximate surface area is 155 Å². The van der Waals surface area contributed by atoms with Crippen LogP contribution in [0.2, 0.25) is 0 Å². The van der Waals surface area contributed by atoms with E-state index in [0.717, 1.165) is 21.4 Å². The summed E-state index contributed by atoms with van der Waals surface area (Å²) >= 11 is 3.35. The van der Waals surface area contributed by atoms with Gasteiger partial charge in [-0.25, -0.2) is 0 Å². The van der Waals surface area contributed by atoms with E-state index in [1.54, 1.807) is 10.9 Å². The van der Waals surface area contributed by atoms with Crippen LogP contribution >= 0.6 is 15.9 Å². The maximum atomic E-state index is 12.3. The van der Waals surface area contributed by atoms with Crippen LogP contribution in [0, 0.1) is 13.8 Å². The summed E-state index contributed by atoms with van der Waals surface area (Å²) in [5.41, 5.74) is 3.81. The third kappa shape index (κ3) is 4.57. The summed E-state index contributed by atoms with van der Waals surface area (Å²) in [5.74, 6) is -0.0820. The van der Waals surface area contributed by atoms with E-state index in [4.69, 9.17) is 0 Å². The Kier molecular flexibility index (Phi) is 5.33. The zero-order valence-corrected chi connectivity index (χ0v) is 15.8. The first-order valence-electron chi connectivity index (χ1n) is 8.07. The molecule has 0 atom stereocenters. The van der Waals surface area contributed by atoms with Gasteiger partial charge in [0.05, 0.1) is 29.5 Å². The Balaban J connectivity index is 1.60. The Hall–Kier alpha value is -2.41. The van der Waals surface area contributed by atoms with E-state index in [1.165, 1.54) is 0 Å². The Morgan fingerprint density at radius 3 is 2.80 bits per heavy atom. The van der Waals surface area contributed by atoms with Gasteiger partial charge < -0.3 is 5.32 Å². The first kappa shape index (κ1) is 17.4. The van der Waals surface area contributed by atoms with Crippen molar-refractivity contribution in [2.75, 3.05) is 6.54 Å². The molecule has 6 nitrogen and oxygen atoms in total. The molecule has 1 amide bonds. The van der Waals surface area contributed by atoms with Crippen LogP contribution in [0.15, 0.2) is 47.2 Å². The molecule has 2 aromatic heterocycles. The summed E-state index contributed by atoms with van der Waals surface area (Å²) in [6.45, 7) is 5.81. The van der Waals surface area contributed by atoms with Gasteiger partial charge in [-0.3, -0.25) is 14.2 Å². The van der Waals surface area contributed by atoms with Crippen molar-refractivity contribution >= 4 is 21.8 Å². The molecule has 1 aromatic carbocycles. The highest BCUT2D eigenvalue weighted by molar-refractivity contribution is 9.10. The van der Waals surface area contributed by atoms with Gasteiger partial charge in [0.2, 0.25) is 0 Å². The van der Waals surface area contributed by atoms with E-state index in [2.05, 4.69) is 31.4 Å². The molecule has 1 N–H and O–H groups in total. The molecule has 0 aliphatic carbocycles. The lowest BCUT2D eigenvalue weighted by molar-refractivity contribution is 0.0952. The molecular formula is C18H20BrN5O. The van der Waals surface area contributed by atoms with Crippen molar-refractivity contribution in [3.8, 4) is 0 Å². The lowest BCUT2D eigenvalue weighted by atomic mass is 10.1. The maximum absolute atomic E-state index is 12.3. The van der Waals surface area contributed by atoms with Crippen LogP contribution in [-0.2, 0) is 13.1 Å². The van der Waals surface area contributed by atoms with Crippen molar-refractivity contribution in [3.05, 3.63) is 69.7 Å². The molecule has 7 heteroatoms. The van der Waals surface area contributed by atoms with Gasteiger partial charge in [0.25, 0.3) is 5.91 Å². The monoisotopic (exact) mass is 401 g/mol. The zero-order valence-electron chi connectivity index (χ0n) is 14.2. The molecule has 25 heavy (non-hydrogen) atoms. The summed E-state index contributed by atoms with van der Waals surface area (Å²) in [6, 6.07) is 9.69. The van der Waals surface area contributed by atoms with E-state index in [0.29, 0.717) is 25.2 Å². The number of halogens is 1. The van der Waals surface area contributed by atoms with Gasteiger partial charge in [-0.2, -0.15) is 10.2 Å². The molecular weight excluding hydrogens is 382 g/mol. The predicted molar refractivity (Wildman–Crippen MR) is 99.5 cm³/mol. The fourth-order valence-corrected chi connectivity index (χ4v) is 2.99. The molecule has 0 spiro atoms. The smallest absolute Gasteiger partial charge is 0.251 e. The summed E-state index contributed by atoms with van der Waals surface area (Å²) < 4.78 is 4.65. The second-order valence-electron chi connectivity index (χ2n) is 5.96. The SMILES string of the molecule is Cc1cc(C)n(Cc2cccc(C(=O)NCCn3cc(Br)cn3)c2)n1. The van der Waals surface area contributed by atoms with Gasteiger partial charge in [0, 0.05) is 24.0 Å². The lowest BCUT2D eigenvalue weighted by Gasteiger charge is -2.08. The number of aryl methyl sites for hydroxylation is 2. The van der Waals surface area contributed by atoms with E-state index in [-0.39, 0.29) is 5.91 Å². The molecule has 0 unspecified atom stereocenters. The molecule has 130 valence electrons. The molecule has 0 aliphatic heterocycles. The largest absolute Gasteiger partial charge is 0.350 e. The number of carbonyl (C=O) groups excluding carboxylic acids is 1. The van der Waals surface area contributed by atoms with Crippen LogP contribution in [0.4, 0.5) is 0 Å². The van der Waals surface area contributed by atoms with E-state index in [1.807, 2.05) is 55.1 Å². The van der Waals surface area contributed by atoms with E-state index >= 15 is 0 Å². The number of hydrogen-bond donors (Lipinski definition) is 1. The number of benzene rings is 1. The van der Waals surface area contributed by atoms with Crippen molar-refractivity contribution in [3.63, 3.8) is 0 Å². The average molecular weight is 402 g/mol. The number of nitrogens with zero attached hydrogens (tertiary/aromatic N) is 4. The quantitative estimate of drug-likeness (QED) is 0.690. The third-order valence-corrected chi connectivity index (χ3v) is 4.26. The summed E-state index contributed by atoms with van der Waals surface area (Å²) in [6.07, 6.45) is 3.60. The maximum Gasteiger partial charge on any atom is 0.251 e. The van der Waals surface area contributed by atoms with Gasteiger partial charge >= 0.3 is 0 Å². The minimum atomic E-state index is -0.0820. The number of aromatic nitrogens is 4. The van der Waals surface area contributed by atoms with Crippen LogP contribution in [0.25, 0.3) is 0 Å². The fourth-order valence-electron chi connectivity index (χ4n) is 2.67. The molecule has 0 saturated carbocycles. The number of carbonyl (C=O) groups is 1.